The number of aryl methyl sites for hydroxylation is 2. The second-order valence-corrected chi connectivity index (χ2v) is 7.33. The molecule has 0 amide bonds. The van der Waals surface area contributed by atoms with Crippen molar-refractivity contribution in [1.82, 2.24) is 0 Å². The molecule has 0 aliphatic rings. The summed E-state index contributed by atoms with van der Waals surface area (Å²) in [7, 11) is 2.99. The number of aromatic hydroxyl groups is 2. The molecule has 2 N–H and O–H groups in total. The van der Waals surface area contributed by atoms with Crippen molar-refractivity contribution in [3.05, 3.63) is 45.4 Å². The number of phenols is 2. The molecule has 106 valence electrons. The second-order valence-electron chi connectivity index (χ2n) is 4.30. The lowest BCUT2D eigenvalue weighted by molar-refractivity contribution is 0.473. The number of rotatable bonds is 3. The van der Waals surface area contributed by atoms with Crippen LogP contribution in [0.2, 0.25) is 10.0 Å². The van der Waals surface area contributed by atoms with Crippen LogP contribution in [-0.2, 0) is 0 Å². The normalized spacial score (nSPS) is 10.8. The second kappa shape index (κ2) is 6.39. The monoisotopic (exact) mass is 346 g/mol. The molecule has 20 heavy (non-hydrogen) atoms. The lowest BCUT2D eigenvalue weighted by Crippen LogP contribution is -1.81. The third kappa shape index (κ3) is 3.50. The molecule has 2 nitrogen and oxygen atoms in total. The van der Waals surface area contributed by atoms with Crippen LogP contribution >= 0.6 is 44.8 Å². The van der Waals surface area contributed by atoms with Crippen LogP contribution in [0.1, 0.15) is 11.1 Å². The highest BCUT2D eigenvalue weighted by Crippen LogP contribution is 2.44. The summed E-state index contributed by atoms with van der Waals surface area (Å²) in [5.41, 5.74) is 1.97. The van der Waals surface area contributed by atoms with Crippen molar-refractivity contribution < 1.29 is 10.2 Å². The fraction of sp³-hybridized carbons (Fsp3) is 0.143. The smallest absolute Gasteiger partial charge is 0.135 e. The van der Waals surface area contributed by atoms with Gasteiger partial charge in [0.1, 0.15) is 11.5 Å². The lowest BCUT2D eigenvalue weighted by atomic mass is 10.2. The third-order valence-electron chi connectivity index (χ3n) is 2.71. The van der Waals surface area contributed by atoms with E-state index < -0.39 is 0 Å². The van der Waals surface area contributed by atoms with E-state index in [0.29, 0.717) is 10.0 Å². The first-order valence-corrected chi connectivity index (χ1v) is 8.62. The maximum Gasteiger partial charge on any atom is 0.135 e. The van der Waals surface area contributed by atoms with E-state index >= 15 is 0 Å². The Labute approximate surface area is 135 Å². The van der Waals surface area contributed by atoms with E-state index in [1.54, 1.807) is 24.3 Å². The molecule has 0 radical (unpaired) electrons. The Balaban J connectivity index is 2.21. The van der Waals surface area contributed by atoms with Crippen LogP contribution in [0.5, 0.6) is 11.5 Å². The highest BCUT2D eigenvalue weighted by atomic mass is 35.5. The predicted molar refractivity (Wildman–Crippen MR) is 87.4 cm³/mol. The van der Waals surface area contributed by atoms with Crippen molar-refractivity contribution in [3.8, 4) is 11.5 Å². The van der Waals surface area contributed by atoms with Gasteiger partial charge in [0.2, 0.25) is 0 Å². The summed E-state index contributed by atoms with van der Waals surface area (Å²) >= 11 is 11.7. The minimum absolute atomic E-state index is 0.0658. The highest BCUT2D eigenvalue weighted by Gasteiger charge is 2.09. The van der Waals surface area contributed by atoms with E-state index in [1.165, 1.54) is 21.6 Å². The largest absolute Gasteiger partial charge is 0.506 e. The summed E-state index contributed by atoms with van der Waals surface area (Å²) in [6, 6.07) is 6.73. The van der Waals surface area contributed by atoms with Gasteiger partial charge in [0, 0.05) is 9.79 Å². The number of benzene rings is 2. The third-order valence-corrected chi connectivity index (χ3v) is 5.96. The van der Waals surface area contributed by atoms with Crippen molar-refractivity contribution in [1.29, 1.82) is 0 Å². The first-order chi connectivity index (χ1) is 9.38. The summed E-state index contributed by atoms with van der Waals surface area (Å²) in [6.07, 6.45) is 0. The predicted octanol–water partition coefficient (Wildman–Crippen LogP) is 5.82. The lowest BCUT2D eigenvalue weighted by Gasteiger charge is -2.09. The number of hydrogen-bond donors (Lipinski definition) is 2. The van der Waals surface area contributed by atoms with E-state index in [9.17, 15) is 10.2 Å². The van der Waals surface area contributed by atoms with Crippen molar-refractivity contribution in [2.24, 2.45) is 0 Å². The van der Waals surface area contributed by atoms with Gasteiger partial charge in [0.15, 0.2) is 0 Å². The molecule has 2 aromatic carbocycles. The zero-order valence-corrected chi connectivity index (χ0v) is 13.9. The summed E-state index contributed by atoms with van der Waals surface area (Å²) in [6.45, 7) is 3.86. The van der Waals surface area contributed by atoms with E-state index in [-0.39, 0.29) is 11.5 Å². The SMILES string of the molecule is Cc1cc(Cl)c(O)cc1SSc1cc(O)c(Cl)cc1C. The van der Waals surface area contributed by atoms with Crippen LogP contribution in [0.25, 0.3) is 0 Å². The van der Waals surface area contributed by atoms with Gasteiger partial charge in [-0.15, -0.1) is 0 Å². The molecule has 0 aromatic heterocycles. The molecular weight excluding hydrogens is 335 g/mol. The molecule has 0 saturated carbocycles. The molecule has 0 bridgehead atoms. The van der Waals surface area contributed by atoms with E-state index in [2.05, 4.69) is 0 Å². The Morgan fingerprint density at radius 1 is 0.750 bits per heavy atom. The molecule has 2 rings (SSSR count). The van der Waals surface area contributed by atoms with Gasteiger partial charge in [0.25, 0.3) is 0 Å². The Hall–Kier alpha value is -0.680. The Bertz CT molecular complexity index is 603. The standard InChI is InChI=1S/C14H12Cl2O2S2/c1-7-3-9(15)11(17)5-13(7)19-20-14-6-12(18)10(16)4-8(14)2/h3-6,17-18H,1-2H3. The molecule has 0 spiro atoms. The molecule has 0 saturated heterocycles. The zero-order chi connectivity index (χ0) is 14.9. The summed E-state index contributed by atoms with van der Waals surface area (Å²) in [5.74, 6) is 0.132. The van der Waals surface area contributed by atoms with Crippen LogP contribution in [-0.4, -0.2) is 10.2 Å². The number of halogens is 2. The summed E-state index contributed by atoms with van der Waals surface area (Å²) in [5, 5.41) is 20.0. The van der Waals surface area contributed by atoms with Crippen LogP contribution in [0.3, 0.4) is 0 Å². The zero-order valence-electron chi connectivity index (χ0n) is 10.8. The van der Waals surface area contributed by atoms with Gasteiger partial charge in [0.05, 0.1) is 10.0 Å². The van der Waals surface area contributed by atoms with Gasteiger partial charge >= 0.3 is 0 Å². The summed E-state index contributed by atoms with van der Waals surface area (Å²) < 4.78 is 0. The van der Waals surface area contributed by atoms with Crippen LogP contribution in [0.4, 0.5) is 0 Å². The maximum atomic E-state index is 9.64. The number of phenolic OH excluding ortho intramolecular Hbond substituents is 2. The summed E-state index contributed by atoms with van der Waals surface area (Å²) in [4.78, 5) is 1.84. The van der Waals surface area contributed by atoms with Gasteiger partial charge in [-0.2, -0.15) is 0 Å². The van der Waals surface area contributed by atoms with E-state index in [4.69, 9.17) is 23.2 Å². The molecule has 0 unspecified atom stereocenters. The fourth-order valence-corrected chi connectivity index (χ4v) is 4.49. The van der Waals surface area contributed by atoms with Gasteiger partial charge in [-0.3, -0.25) is 0 Å². The van der Waals surface area contributed by atoms with Crippen molar-refractivity contribution in [3.63, 3.8) is 0 Å². The van der Waals surface area contributed by atoms with Crippen molar-refractivity contribution in [2.45, 2.75) is 23.6 Å². The molecule has 0 heterocycles. The Morgan fingerprint density at radius 2 is 1.10 bits per heavy atom. The molecular formula is C14H12Cl2O2S2. The quantitative estimate of drug-likeness (QED) is 0.686. The Morgan fingerprint density at radius 3 is 1.45 bits per heavy atom. The average Bonchev–Trinajstić information content (AvgIpc) is 2.37. The minimum atomic E-state index is 0.0658. The van der Waals surface area contributed by atoms with Crippen molar-refractivity contribution in [2.75, 3.05) is 0 Å². The number of hydrogen-bond acceptors (Lipinski definition) is 4. The average molecular weight is 347 g/mol. The molecule has 2 aromatic rings. The molecule has 0 aliphatic carbocycles. The Kier molecular flexibility index (Phi) is 5.02. The van der Waals surface area contributed by atoms with E-state index in [1.807, 2.05) is 13.8 Å². The molecule has 0 atom stereocenters. The van der Waals surface area contributed by atoms with Gasteiger partial charge in [-0.25, -0.2) is 0 Å². The first kappa shape index (κ1) is 15.7. The van der Waals surface area contributed by atoms with Gasteiger partial charge in [-0.05, 0) is 49.2 Å². The van der Waals surface area contributed by atoms with Crippen LogP contribution in [0.15, 0.2) is 34.1 Å². The topological polar surface area (TPSA) is 40.5 Å². The minimum Gasteiger partial charge on any atom is -0.506 e. The van der Waals surface area contributed by atoms with Crippen molar-refractivity contribution >= 4 is 44.8 Å². The maximum absolute atomic E-state index is 9.64. The molecule has 6 heteroatoms. The fourth-order valence-electron chi connectivity index (χ4n) is 1.55. The first-order valence-electron chi connectivity index (χ1n) is 5.71. The molecule has 0 aliphatic heterocycles. The van der Waals surface area contributed by atoms with Gasteiger partial charge < -0.3 is 10.2 Å². The molecule has 0 fully saturated rings. The van der Waals surface area contributed by atoms with Gasteiger partial charge in [-0.1, -0.05) is 44.8 Å². The van der Waals surface area contributed by atoms with Crippen LogP contribution in [0, 0.1) is 13.8 Å². The van der Waals surface area contributed by atoms with Crippen LogP contribution < -0.4 is 0 Å². The highest BCUT2D eigenvalue weighted by molar-refractivity contribution is 8.76. The van der Waals surface area contributed by atoms with E-state index in [0.717, 1.165) is 20.9 Å².